The lowest BCUT2D eigenvalue weighted by Gasteiger charge is -2.09. The van der Waals surface area contributed by atoms with Crippen molar-refractivity contribution in [3.63, 3.8) is 0 Å². The molecule has 0 aliphatic heterocycles. The Morgan fingerprint density at radius 1 is 1.06 bits per heavy atom. The first-order valence-electron chi connectivity index (χ1n) is 5.29. The van der Waals surface area contributed by atoms with Crippen molar-refractivity contribution in [2.45, 2.75) is 13.5 Å². The third-order valence-electron chi connectivity index (χ3n) is 2.52. The van der Waals surface area contributed by atoms with Gasteiger partial charge in [0, 0.05) is 17.3 Å². The smallest absolute Gasteiger partial charge is 0.0409 e. The zero-order valence-electron chi connectivity index (χ0n) is 9.20. The van der Waals surface area contributed by atoms with E-state index in [0.29, 0.717) is 0 Å². The maximum atomic E-state index is 5.93. The number of rotatable bonds is 3. The van der Waals surface area contributed by atoms with Crippen molar-refractivity contribution >= 4 is 17.3 Å². The Bertz CT molecular complexity index is 480. The Balaban J connectivity index is 2.05. The summed E-state index contributed by atoms with van der Waals surface area (Å²) in [5, 5.41) is 4.18. The Kier molecular flexibility index (Phi) is 3.47. The molecular weight excluding hydrogens is 218 g/mol. The lowest BCUT2D eigenvalue weighted by Crippen LogP contribution is -2.00. The van der Waals surface area contributed by atoms with Crippen LogP contribution in [0.2, 0.25) is 5.02 Å². The predicted molar refractivity (Wildman–Crippen MR) is 70.0 cm³/mol. The molecule has 0 aliphatic rings. The molecule has 16 heavy (non-hydrogen) atoms. The van der Waals surface area contributed by atoms with Gasteiger partial charge in [-0.25, -0.2) is 0 Å². The van der Waals surface area contributed by atoms with Crippen molar-refractivity contribution in [3.05, 3.63) is 64.7 Å². The number of benzene rings is 2. The summed E-state index contributed by atoms with van der Waals surface area (Å²) in [6.07, 6.45) is 0. The summed E-state index contributed by atoms with van der Waals surface area (Å²) >= 11 is 5.93. The van der Waals surface area contributed by atoms with Gasteiger partial charge in [0.1, 0.15) is 0 Å². The van der Waals surface area contributed by atoms with Crippen LogP contribution in [0.15, 0.2) is 48.5 Å². The summed E-state index contributed by atoms with van der Waals surface area (Å²) in [7, 11) is 0. The van der Waals surface area contributed by atoms with Gasteiger partial charge in [-0.3, -0.25) is 0 Å². The van der Waals surface area contributed by atoms with Crippen molar-refractivity contribution < 1.29 is 0 Å². The van der Waals surface area contributed by atoms with Crippen LogP contribution in [0.1, 0.15) is 11.1 Å². The molecule has 1 nitrogen and oxygen atoms in total. The van der Waals surface area contributed by atoms with Gasteiger partial charge in [0.15, 0.2) is 0 Å². The van der Waals surface area contributed by atoms with Crippen LogP contribution < -0.4 is 5.32 Å². The lowest BCUT2D eigenvalue weighted by molar-refractivity contribution is 1.14. The molecule has 2 heteroatoms. The van der Waals surface area contributed by atoms with Crippen LogP contribution in [0.25, 0.3) is 0 Å². The average Bonchev–Trinajstić information content (AvgIpc) is 2.28. The minimum Gasteiger partial charge on any atom is -0.381 e. The Labute approximate surface area is 101 Å². The molecule has 1 N–H and O–H groups in total. The topological polar surface area (TPSA) is 12.0 Å². The van der Waals surface area contributed by atoms with E-state index in [1.165, 1.54) is 16.8 Å². The van der Waals surface area contributed by atoms with E-state index in [1.54, 1.807) is 0 Å². The fourth-order valence-corrected chi connectivity index (χ4v) is 1.83. The van der Waals surface area contributed by atoms with Gasteiger partial charge in [0.2, 0.25) is 0 Å². The standard InChI is InChI=1S/C14H14ClN/c1-11-5-2-3-8-14(11)16-10-12-6-4-7-13(15)9-12/h2-9,16H,10H2,1H3. The van der Waals surface area contributed by atoms with Crippen LogP contribution in [0, 0.1) is 6.92 Å². The van der Waals surface area contributed by atoms with E-state index in [4.69, 9.17) is 11.6 Å². The van der Waals surface area contributed by atoms with E-state index < -0.39 is 0 Å². The molecule has 0 saturated carbocycles. The van der Waals surface area contributed by atoms with E-state index in [0.717, 1.165) is 11.6 Å². The van der Waals surface area contributed by atoms with Crippen molar-refractivity contribution in [3.8, 4) is 0 Å². The highest BCUT2D eigenvalue weighted by Crippen LogP contribution is 2.16. The second-order valence-corrected chi connectivity index (χ2v) is 4.23. The van der Waals surface area contributed by atoms with Crippen molar-refractivity contribution in [2.75, 3.05) is 5.32 Å². The van der Waals surface area contributed by atoms with Crippen molar-refractivity contribution in [2.24, 2.45) is 0 Å². The molecule has 0 saturated heterocycles. The highest BCUT2D eigenvalue weighted by Gasteiger charge is 1.97. The normalized spacial score (nSPS) is 10.1. The highest BCUT2D eigenvalue weighted by atomic mass is 35.5. The molecule has 0 bridgehead atoms. The molecule has 0 radical (unpaired) electrons. The van der Waals surface area contributed by atoms with Crippen LogP contribution >= 0.6 is 11.6 Å². The monoisotopic (exact) mass is 231 g/mol. The first-order valence-corrected chi connectivity index (χ1v) is 5.67. The van der Waals surface area contributed by atoms with Crippen LogP contribution in [-0.2, 0) is 6.54 Å². The molecule has 2 aromatic rings. The van der Waals surface area contributed by atoms with E-state index in [2.05, 4.69) is 30.4 Å². The molecule has 0 heterocycles. The molecule has 2 aromatic carbocycles. The molecular formula is C14H14ClN. The Hall–Kier alpha value is -1.47. The predicted octanol–water partition coefficient (Wildman–Crippen LogP) is 4.26. The van der Waals surface area contributed by atoms with Gasteiger partial charge in [-0.1, -0.05) is 41.9 Å². The maximum Gasteiger partial charge on any atom is 0.0409 e. The second kappa shape index (κ2) is 5.04. The van der Waals surface area contributed by atoms with Crippen molar-refractivity contribution in [1.29, 1.82) is 0 Å². The van der Waals surface area contributed by atoms with Gasteiger partial charge in [-0.2, -0.15) is 0 Å². The summed E-state index contributed by atoms with van der Waals surface area (Å²) in [4.78, 5) is 0. The summed E-state index contributed by atoms with van der Waals surface area (Å²) in [5.74, 6) is 0. The van der Waals surface area contributed by atoms with E-state index in [9.17, 15) is 0 Å². The zero-order valence-corrected chi connectivity index (χ0v) is 9.96. The van der Waals surface area contributed by atoms with Crippen LogP contribution in [0.4, 0.5) is 5.69 Å². The first-order chi connectivity index (χ1) is 7.75. The fraction of sp³-hybridized carbons (Fsp3) is 0.143. The molecule has 0 fully saturated rings. The van der Waals surface area contributed by atoms with E-state index >= 15 is 0 Å². The van der Waals surface area contributed by atoms with Gasteiger partial charge in [-0.05, 0) is 36.2 Å². The Morgan fingerprint density at radius 3 is 2.62 bits per heavy atom. The van der Waals surface area contributed by atoms with E-state index in [1.807, 2.05) is 30.3 Å². The summed E-state index contributed by atoms with van der Waals surface area (Å²) in [6.45, 7) is 2.89. The van der Waals surface area contributed by atoms with Crippen LogP contribution in [-0.4, -0.2) is 0 Å². The van der Waals surface area contributed by atoms with Gasteiger partial charge in [0.25, 0.3) is 0 Å². The molecule has 0 spiro atoms. The van der Waals surface area contributed by atoms with Crippen LogP contribution in [0.5, 0.6) is 0 Å². The molecule has 0 aromatic heterocycles. The largest absolute Gasteiger partial charge is 0.381 e. The maximum absolute atomic E-state index is 5.93. The number of halogens is 1. The molecule has 0 amide bonds. The summed E-state index contributed by atoms with van der Waals surface area (Å²) in [5.41, 5.74) is 3.61. The molecule has 82 valence electrons. The number of anilines is 1. The van der Waals surface area contributed by atoms with Gasteiger partial charge in [0.05, 0.1) is 0 Å². The van der Waals surface area contributed by atoms with Crippen LogP contribution in [0.3, 0.4) is 0 Å². The highest BCUT2D eigenvalue weighted by molar-refractivity contribution is 6.30. The third kappa shape index (κ3) is 2.77. The number of hydrogen-bond acceptors (Lipinski definition) is 1. The minimum atomic E-state index is 0.782. The summed E-state index contributed by atoms with van der Waals surface area (Å²) < 4.78 is 0. The summed E-state index contributed by atoms with van der Waals surface area (Å²) in [6, 6.07) is 16.2. The van der Waals surface area contributed by atoms with Crippen molar-refractivity contribution in [1.82, 2.24) is 0 Å². The first kappa shape index (κ1) is 11.0. The third-order valence-corrected chi connectivity index (χ3v) is 2.75. The molecule has 0 unspecified atom stereocenters. The van der Waals surface area contributed by atoms with Gasteiger partial charge >= 0.3 is 0 Å². The zero-order chi connectivity index (χ0) is 11.4. The molecule has 2 rings (SSSR count). The van der Waals surface area contributed by atoms with Gasteiger partial charge in [-0.15, -0.1) is 0 Å². The van der Waals surface area contributed by atoms with E-state index in [-0.39, 0.29) is 0 Å². The number of aryl methyl sites for hydroxylation is 1. The number of hydrogen-bond donors (Lipinski definition) is 1. The molecule has 0 atom stereocenters. The Morgan fingerprint density at radius 2 is 1.88 bits per heavy atom. The molecule has 0 aliphatic carbocycles. The quantitative estimate of drug-likeness (QED) is 0.832. The SMILES string of the molecule is Cc1ccccc1NCc1cccc(Cl)c1. The fourth-order valence-electron chi connectivity index (χ4n) is 1.62. The number of nitrogens with one attached hydrogen (secondary N) is 1. The second-order valence-electron chi connectivity index (χ2n) is 3.80. The number of para-hydroxylation sites is 1. The average molecular weight is 232 g/mol. The lowest BCUT2D eigenvalue weighted by atomic mass is 10.2. The van der Waals surface area contributed by atoms with Gasteiger partial charge < -0.3 is 5.32 Å². The minimum absolute atomic E-state index is 0.782.